The molecular formula is C18H9Cl2F3N4OS. The first-order valence-electron chi connectivity index (χ1n) is 8.00. The van der Waals surface area contributed by atoms with Gasteiger partial charge >= 0.3 is 6.18 Å². The molecule has 2 heterocycles. The number of amides is 1. The first-order chi connectivity index (χ1) is 13.7. The Morgan fingerprint density at radius 1 is 1.10 bits per heavy atom. The zero-order valence-corrected chi connectivity index (χ0v) is 16.5. The van der Waals surface area contributed by atoms with Gasteiger partial charge in [0.15, 0.2) is 0 Å². The minimum Gasteiger partial charge on any atom is -0.289 e. The lowest BCUT2D eigenvalue weighted by Gasteiger charge is -2.07. The van der Waals surface area contributed by atoms with Crippen molar-refractivity contribution >= 4 is 51.4 Å². The molecule has 0 aliphatic rings. The summed E-state index contributed by atoms with van der Waals surface area (Å²) < 4.78 is 39.4. The van der Waals surface area contributed by atoms with Crippen LogP contribution in [0.5, 0.6) is 0 Å². The summed E-state index contributed by atoms with van der Waals surface area (Å²) in [6.45, 7) is 0. The largest absolute Gasteiger partial charge is 0.416 e. The molecule has 0 aliphatic carbocycles. The molecule has 5 nitrogen and oxygen atoms in total. The standard InChI is InChI=1S/C18H9Cl2F3N4OS/c19-11-5-6-12(13(20)7-11)14-8-29-17-25-16(26-27(14)17)24-15(28)9-1-3-10(4-2-9)18(21,22)23/h1-8H,(H,24,26,28). The molecule has 0 unspecified atom stereocenters. The number of fused-ring (bicyclic) bond motifs is 1. The van der Waals surface area contributed by atoms with Crippen molar-refractivity contribution in [2.24, 2.45) is 0 Å². The second-order valence-electron chi connectivity index (χ2n) is 5.90. The number of halogens is 5. The van der Waals surface area contributed by atoms with Crippen molar-refractivity contribution in [2.45, 2.75) is 6.18 Å². The predicted octanol–water partition coefficient (Wildman–Crippen LogP) is 6.04. The normalized spacial score (nSPS) is 11.8. The van der Waals surface area contributed by atoms with Gasteiger partial charge in [-0.05, 0) is 42.5 Å². The molecule has 4 rings (SSSR count). The van der Waals surface area contributed by atoms with Crippen LogP contribution in [-0.4, -0.2) is 20.5 Å². The van der Waals surface area contributed by atoms with E-state index in [2.05, 4.69) is 15.4 Å². The van der Waals surface area contributed by atoms with Crippen molar-refractivity contribution in [3.8, 4) is 11.3 Å². The van der Waals surface area contributed by atoms with E-state index in [1.807, 2.05) is 5.38 Å². The van der Waals surface area contributed by atoms with Gasteiger partial charge < -0.3 is 0 Å². The van der Waals surface area contributed by atoms with Crippen molar-refractivity contribution in [1.82, 2.24) is 14.6 Å². The fourth-order valence-electron chi connectivity index (χ4n) is 2.60. The Morgan fingerprint density at radius 3 is 2.48 bits per heavy atom. The third kappa shape index (κ3) is 3.93. The number of thiazole rings is 1. The second-order valence-corrected chi connectivity index (χ2v) is 7.58. The first kappa shape index (κ1) is 19.7. The van der Waals surface area contributed by atoms with Gasteiger partial charge in [0.1, 0.15) is 0 Å². The maximum Gasteiger partial charge on any atom is 0.416 e. The molecule has 1 N–H and O–H groups in total. The maximum atomic E-state index is 12.6. The van der Waals surface area contributed by atoms with Gasteiger partial charge in [0.25, 0.3) is 11.9 Å². The number of nitrogens with one attached hydrogen (secondary N) is 1. The van der Waals surface area contributed by atoms with E-state index in [9.17, 15) is 18.0 Å². The maximum absolute atomic E-state index is 12.6. The Hall–Kier alpha value is -2.62. The molecule has 0 aliphatic heterocycles. The molecule has 148 valence electrons. The minimum absolute atomic E-state index is 0.0214. The highest BCUT2D eigenvalue weighted by Crippen LogP contribution is 2.33. The van der Waals surface area contributed by atoms with E-state index >= 15 is 0 Å². The number of benzene rings is 2. The molecular weight excluding hydrogens is 448 g/mol. The third-order valence-corrected chi connectivity index (χ3v) is 5.35. The van der Waals surface area contributed by atoms with Crippen LogP contribution in [0.1, 0.15) is 15.9 Å². The van der Waals surface area contributed by atoms with Crippen LogP contribution >= 0.6 is 34.5 Å². The molecule has 0 bridgehead atoms. The van der Waals surface area contributed by atoms with E-state index < -0.39 is 17.6 Å². The van der Waals surface area contributed by atoms with E-state index in [0.29, 0.717) is 26.3 Å². The molecule has 0 saturated carbocycles. The molecule has 0 atom stereocenters. The van der Waals surface area contributed by atoms with Gasteiger partial charge in [0.05, 0.1) is 16.3 Å². The molecule has 11 heteroatoms. The van der Waals surface area contributed by atoms with Gasteiger partial charge in [-0.3, -0.25) is 10.1 Å². The average molecular weight is 457 g/mol. The molecule has 2 aromatic carbocycles. The van der Waals surface area contributed by atoms with E-state index in [0.717, 1.165) is 24.3 Å². The summed E-state index contributed by atoms with van der Waals surface area (Å²) in [5.41, 5.74) is 0.568. The van der Waals surface area contributed by atoms with Crippen molar-refractivity contribution < 1.29 is 18.0 Å². The number of carbonyl (C=O) groups excluding carboxylic acids is 1. The summed E-state index contributed by atoms with van der Waals surface area (Å²) in [6.07, 6.45) is -4.47. The number of aromatic nitrogens is 3. The van der Waals surface area contributed by atoms with Crippen LogP contribution in [0.2, 0.25) is 10.0 Å². The Morgan fingerprint density at radius 2 is 1.83 bits per heavy atom. The molecule has 2 aromatic heterocycles. The van der Waals surface area contributed by atoms with Gasteiger partial charge in [-0.2, -0.15) is 18.2 Å². The topological polar surface area (TPSA) is 59.3 Å². The van der Waals surface area contributed by atoms with Gasteiger partial charge in [-0.25, -0.2) is 4.52 Å². The molecule has 29 heavy (non-hydrogen) atoms. The quantitative estimate of drug-likeness (QED) is 0.409. The molecule has 4 aromatic rings. The Labute approximate surface area is 175 Å². The van der Waals surface area contributed by atoms with E-state index in [-0.39, 0.29) is 11.5 Å². The molecule has 0 saturated heterocycles. The fourth-order valence-corrected chi connectivity index (χ4v) is 3.93. The predicted molar refractivity (Wildman–Crippen MR) is 106 cm³/mol. The smallest absolute Gasteiger partial charge is 0.289 e. The van der Waals surface area contributed by atoms with Crippen molar-refractivity contribution in [2.75, 3.05) is 5.32 Å². The number of rotatable bonds is 3. The lowest BCUT2D eigenvalue weighted by Crippen LogP contribution is -2.14. The van der Waals surface area contributed by atoms with E-state index in [1.165, 1.54) is 15.9 Å². The number of alkyl halides is 3. The van der Waals surface area contributed by atoms with Crippen LogP contribution in [0.4, 0.5) is 19.1 Å². The van der Waals surface area contributed by atoms with Crippen LogP contribution in [0, 0.1) is 0 Å². The number of nitrogens with zero attached hydrogens (tertiary/aromatic N) is 3. The van der Waals surface area contributed by atoms with Gasteiger partial charge in [0.2, 0.25) is 4.96 Å². The lowest BCUT2D eigenvalue weighted by atomic mass is 10.1. The summed E-state index contributed by atoms with van der Waals surface area (Å²) in [4.78, 5) is 17.0. The molecule has 1 amide bonds. The van der Waals surface area contributed by atoms with Crippen molar-refractivity contribution in [1.29, 1.82) is 0 Å². The molecule has 0 spiro atoms. The first-order valence-corrected chi connectivity index (χ1v) is 9.64. The monoisotopic (exact) mass is 456 g/mol. The van der Waals surface area contributed by atoms with Crippen LogP contribution in [0.3, 0.4) is 0 Å². The highest BCUT2D eigenvalue weighted by Gasteiger charge is 2.30. The number of hydrogen-bond acceptors (Lipinski definition) is 4. The summed E-state index contributed by atoms with van der Waals surface area (Å²) >= 11 is 13.5. The van der Waals surface area contributed by atoms with Gasteiger partial charge in [0, 0.05) is 21.5 Å². The zero-order chi connectivity index (χ0) is 20.8. The van der Waals surface area contributed by atoms with Crippen LogP contribution in [0.15, 0.2) is 47.8 Å². The molecule has 0 fully saturated rings. The minimum atomic E-state index is -4.47. The Kier molecular flexibility index (Phi) is 4.97. The van der Waals surface area contributed by atoms with E-state index in [4.69, 9.17) is 23.2 Å². The highest BCUT2D eigenvalue weighted by molar-refractivity contribution is 7.15. The van der Waals surface area contributed by atoms with E-state index in [1.54, 1.807) is 18.2 Å². The average Bonchev–Trinajstić information content (AvgIpc) is 3.21. The lowest BCUT2D eigenvalue weighted by molar-refractivity contribution is -0.137. The van der Waals surface area contributed by atoms with Crippen LogP contribution < -0.4 is 5.32 Å². The van der Waals surface area contributed by atoms with Crippen molar-refractivity contribution in [3.05, 3.63) is 69.0 Å². The van der Waals surface area contributed by atoms with Gasteiger partial charge in [-0.1, -0.05) is 23.2 Å². The third-order valence-electron chi connectivity index (χ3n) is 3.99. The zero-order valence-electron chi connectivity index (χ0n) is 14.2. The summed E-state index contributed by atoms with van der Waals surface area (Å²) in [7, 11) is 0. The number of anilines is 1. The van der Waals surface area contributed by atoms with Crippen molar-refractivity contribution in [3.63, 3.8) is 0 Å². The van der Waals surface area contributed by atoms with Gasteiger partial charge in [-0.15, -0.1) is 16.4 Å². The Bertz CT molecular complexity index is 1220. The van der Waals surface area contributed by atoms with Crippen LogP contribution in [-0.2, 0) is 6.18 Å². The SMILES string of the molecule is O=C(Nc1nc2scc(-c3ccc(Cl)cc3Cl)n2n1)c1ccc(C(F)(F)F)cc1. The fraction of sp³-hybridized carbons (Fsp3) is 0.0556. The Balaban J connectivity index is 1.59. The highest BCUT2D eigenvalue weighted by atomic mass is 35.5. The van der Waals surface area contributed by atoms with Crippen LogP contribution in [0.25, 0.3) is 16.2 Å². The molecule has 0 radical (unpaired) electrons. The summed E-state index contributed by atoms with van der Waals surface area (Å²) in [5.74, 6) is -0.601. The number of hydrogen-bond donors (Lipinski definition) is 1. The second kappa shape index (κ2) is 7.33. The summed E-state index contributed by atoms with van der Waals surface area (Å²) in [6, 6.07) is 8.91. The summed E-state index contributed by atoms with van der Waals surface area (Å²) in [5, 5.41) is 9.47. The number of carbonyl (C=O) groups is 1.